The molecule has 1 aromatic heterocycles. The van der Waals surface area contributed by atoms with E-state index in [2.05, 4.69) is 6.58 Å². The highest BCUT2D eigenvalue weighted by molar-refractivity contribution is 5.56. The number of aliphatic hydroxyl groups is 1. The third-order valence-corrected chi connectivity index (χ3v) is 3.53. The summed E-state index contributed by atoms with van der Waals surface area (Å²) in [7, 11) is 0. The molecule has 1 heterocycles. The summed E-state index contributed by atoms with van der Waals surface area (Å²) in [5.41, 5.74) is 1.42. The van der Waals surface area contributed by atoms with Crippen LogP contribution in [-0.2, 0) is 6.42 Å². The smallest absolute Gasteiger partial charge is 0.223 e. The Morgan fingerprint density at radius 2 is 2.04 bits per heavy atom. The lowest BCUT2D eigenvalue weighted by atomic mass is 10.0. The van der Waals surface area contributed by atoms with Crippen LogP contribution >= 0.6 is 0 Å². The molecule has 120 valence electrons. The number of benzene rings is 1. The van der Waals surface area contributed by atoms with Crippen LogP contribution in [0.5, 0.6) is 5.75 Å². The maximum Gasteiger partial charge on any atom is 0.223 e. The average Bonchev–Trinajstić information content (AvgIpc) is 2.55. The third kappa shape index (κ3) is 4.20. The lowest BCUT2D eigenvalue weighted by Gasteiger charge is -2.19. The van der Waals surface area contributed by atoms with Gasteiger partial charge in [0.1, 0.15) is 0 Å². The van der Waals surface area contributed by atoms with Crippen molar-refractivity contribution in [3.63, 3.8) is 0 Å². The van der Waals surface area contributed by atoms with Gasteiger partial charge in [0.2, 0.25) is 5.43 Å². The predicted octanol–water partition coefficient (Wildman–Crippen LogP) is 3.27. The Labute approximate surface area is 135 Å². The zero-order valence-corrected chi connectivity index (χ0v) is 13.1. The molecule has 2 rings (SSSR count). The standard InChI is InChI=1S/C19H21NO3/c1-3-4-8-14(2)20-13-19(23)18(22)12-16(20)17(21)11-15-9-6-5-7-10-15/h4-10,12-13,17,21,23H,2-3,11H2,1H3. The SMILES string of the molecule is C=C(C=CCC)n1cc(O)c(=O)cc1C(O)Cc1ccccc1. The first kappa shape index (κ1) is 16.8. The van der Waals surface area contributed by atoms with Crippen molar-refractivity contribution in [2.24, 2.45) is 0 Å². The molecule has 2 N–H and O–H groups in total. The maximum atomic E-state index is 11.8. The zero-order valence-electron chi connectivity index (χ0n) is 13.1. The molecule has 1 aromatic carbocycles. The van der Waals surface area contributed by atoms with E-state index in [1.807, 2.05) is 43.3 Å². The van der Waals surface area contributed by atoms with Crippen molar-refractivity contribution in [3.8, 4) is 5.75 Å². The highest BCUT2D eigenvalue weighted by Gasteiger charge is 2.16. The first-order chi connectivity index (χ1) is 11.0. The van der Waals surface area contributed by atoms with Gasteiger partial charge in [0.05, 0.1) is 18.0 Å². The molecular weight excluding hydrogens is 290 g/mol. The van der Waals surface area contributed by atoms with Crippen LogP contribution in [-0.4, -0.2) is 14.8 Å². The molecule has 4 nitrogen and oxygen atoms in total. The number of allylic oxidation sites excluding steroid dienone is 3. The van der Waals surface area contributed by atoms with Crippen molar-refractivity contribution in [2.75, 3.05) is 0 Å². The molecule has 0 bridgehead atoms. The van der Waals surface area contributed by atoms with Crippen molar-refractivity contribution in [1.82, 2.24) is 4.57 Å². The molecule has 0 aliphatic carbocycles. The van der Waals surface area contributed by atoms with E-state index in [1.165, 1.54) is 12.3 Å². The number of hydrogen-bond acceptors (Lipinski definition) is 3. The van der Waals surface area contributed by atoms with Gasteiger partial charge < -0.3 is 14.8 Å². The summed E-state index contributed by atoms with van der Waals surface area (Å²) in [5.74, 6) is -0.369. The lowest BCUT2D eigenvalue weighted by molar-refractivity contribution is 0.171. The summed E-state index contributed by atoms with van der Waals surface area (Å²) in [6, 6.07) is 10.8. The Morgan fingerprint density at radius 3 is 2.70 bits per heavy atom. The molecule has 0 fully saturated rings. The van der Waals surface area contributed by atoms with Gasteiger partial charge in [-0.2, -0.15) is 0 Å². The molecule has 1 atom stereocenters. The largest absolute Gasteiger partial charge is 0.503 e. The first-order valence-corrected chi connectivity index (χ1v) is 7.56. The minimum absolute atomic E-state index is 0.369. The monoisotopic (exact) mass is 311 g/mol. The van der Waals surface area contributed by atoms with E-state index in [9.17, 15) is 15.0 Å². The van der Waals surface area contributed by atoms with Gasteiger partial charge in [-0.15, -0.1) is 0 Å². The van der Waals surface area contributed by atoms with Gasteiger partial charge in [-0.25, -0.2) is 0 Å². The maximum absolute atomic E-state index is 11.8. The third-order valence-electron chi connectivity index (χ3n) is 3.53. The van der Waals surface area contributed by atoms with Gasteiger partial charge in [-0.05, 0) is 18.1 Å². The second-order valence-electron chi connectivity index (χ2n) is 5.33. The predicted molar refractivity (Wildman–Crippen MR) is 92.2 cm³/mol. The highest BCUT2D eigenvalue weighted by Crippen LogP contribution is 2.22. The lowest BCUT2D eigenvalue weighted by Crippen LogP contribution is -2.16. The number of aliphatic hydroxyl groups excluding tert-OH is 1. The average molecular weight is 311 g/mol. The molecule has 1 unspecified atom stereocenters. The topological polar surface area (TPSA) is 62.5 Å². The van der Waals surface area contributed by atoms with Gasteiger partial charge in [0.25, 0.3) is 0 Å². The minimum atomic E-state index is -0.877. The van der Waals surface area contributed by atoms with Crippen molar-refractivity contribution >= 4 is 5.70 Å². The quantitative estimate of drug-likeness (QED) is 0.805. The Kier molecular flexibility index (Phi) is 5.55. The molecule has 0 aliphatic rings. The van der Waals surface area contributed by atoms with E-state index in [0.29, 0.717) is 17.8 Å². The number of hydrogen-bond donors (Lipinski definition) is 2. The van der Waals surface area contributed by atoms with Crippen LogP contribution in [0.1, 0.15) is 30.7 Å². The number of nitrogens with zero attached hydrogens (tertiary/aromatic N) is 1. The second kappa shape index (κ2) is 7.61. The van der Waals surface area contributed by atoms with Crippen LogP contribution in [0.15, 0.2) is 66.1 Å². The van der Waals surface area contributed by atoms with Crippen LogP contribution in [0.3, 0.4) is 0 Å². The molecule has 0 saturated heterocycles. The van der Waals surface area contributed by atoms with E-state index in [1.54, 1.807) is 10.6 Å². The van der Waals surface area contributed by atoms with Crippen molar-refractivity contribution in [3.05, 3.63) is 82.8 Å². The van der Waals surface area contributed by atoms with Crippen LogP contribution in [0.25, 0.3) is 5.70 Å². The van der Waals surface area contributed by atoms with Crippen LogP contribution in [0.2, 0.25) is 0 Å². The summed E-state index contributed by atoms with van der Waals surface area (Å²) in [6.45, 7) is 5.93. The first-order valence-electron chi connectivity index (χ1n) is 7.56. The molecule has 2 aromatic rings. The summed E-state index contributed by atoms with van der Waals surface area (Å²) in [5, 5.41) is 20.2. The van der Waals surface area contributed by atoms with Crippen molar-refractivity contribution in [2.45, 2.75) is 25.9 Å². The molecule has 23 heavy (non-hydrogen) atoms. The van der Waals surface area contributed by atoms with E-state index in [0.717, 1.165) is 12.0 Å². The van der Waals surface area contributed by atoms with E-state index < -0.39 is 11.5 Å². The molecule has 0 radical (unpaired) electrons. The molecule has 0 saturated carbocycles. The number of aromatic hydroxyl groups is 1. The van der Waals surface area contributed by atoms with Crippen LogP contribution in [0, 0.1) is 0 Å². The molecule has 0 amide bonds. The van der Waals surface area contributed by atoms with Crippen LogP contribution < -0.4 is 5.43 Å². The normalized spacial score (nSPS) is 12.4. The summed E-state index contributed by atoms with van der Waals surface area (Å²) in [6.07, 6.45) is 5.35. The zero-order chi connectivity index (χ0) is 16.8. The van der Waals surface area contributed by atoms with Crippen molar-refractivity contribution < 1.29 is 10.2 Å². The number of rotatable bonds is 6. The summed E-state index contributed by atoms with van der Waals surface area (Å²) < 4.78 is 1.55. The number of aromatic nitrogens is 1. The Hall–Kier alpha value is -2.59. The second-order valence-corrected chi connectivity index (χ2v) is 5.33. The summed E-state index contributed by atoms with van der Waals surface area (Å²) in [4.78, 5) is 11.8. The van der Waals surface area contributed by atoms with Gasteiger partial charge in [-0.1, -0.05) is 49.9 Å². The van der Waals surface area contributed by atoms with Gasteiger partial charge in [-0.3, -0.25) is 4.79 Å². The molecule has 0 spiro atoms. The molecular formula is C19H21NO3. The fourth-order valence-electron chi connectivity index (χ4n) is 2.32. The van der Waals surface area contributed by atoms with Gasteiger partial charge >= 0.3 is 0 Å². The van der Waals surface area contributed by atoms with Gasteiger partial charge in [0.15, 0.2) is 5.75 Å². The van der Waals surface area contributed by atoms with Crippen LogP contribution in [0.4, 0.5) is 0 Å². The molecule has 4 heteroatoms. The van der Waals surface area contributed by atoms with Crippen molar-refractivity contribution in [1.29, 1.82) is 0 Å². The minimum Gasteiger partial charge on any atom is -0.503 e. The number of pyridine rings is 1. The summed E-state index contributed by atoms with van der Waals surface area (Å²) >= 11 is 0. The fraction of sp³-hybridized carbons (Fsp3) is 0.211. The van der Waals surface area contributed by atoms with Gasteiger partial charge in [0, 0.05) is 18.2 Å². The van der Waals surface area contributed by atoms with E-state index in [-0.39, 0.29) is 5.75 Å². The fourth-order valence-corrected chi connectivity index (χ4v) is 2.32. The Morgan fingerprint density at radius 1 is 1.35 bits per heavy atom. The molecule has 0 aliphatic heterocycles. The Balaban J connectivity index is 2.39. The van der Waals surface area contributed by atoms with E-state index >= 15 is 0 Å². The highest BCUT2D eigenvalue weighted by atomic mass is 16.3. The van der Waals surface area contributed by atoms with E-state index in [4.69, 9.17) is 0 Å². The Bertz CT molecular complexity index is 760.